The third-order valence-corrected chi connectivity index (χ3v) is 5.32. The second kappa shape index (κ2) is 9.58. The first-order chi connectivity index (χ1) is 15.5. The van der Waals surface area contributed by atoms with Crippen LogP contribution >= 0.6 is 11.6 Å². The van der Waals surface area contributed by atoms with Crippen molar-refractivity contribution < 1.29 is 19.1 Å². The smallest absolute Gasteiger partial charge is 0.294 e. The molecule has 6 nitrogen and oxygen atoms in total. The van der Waals surface area contributed by atoms with Gasteiger partial charge in [0.15, 0.2) is 11.5 Å². The van der Waals surface area contributed by atoms with Crippen LogP contribution < -0.4 is 19.7 Å². The predicted octanol–water partition coefficient (Wildman–Crippen LogP) is 4.43. The van der Waals surface area contributed by atoms with Crippen molar-refractivity contribution in [2.24, 2.45) is 0 Å². The highest BCUT2D eigenvalue weighted by Crippen LogP contribution is 2.35. The van der Waals surface area contributed by atoms with E-state index in [-0.39, 0.29) is 18.2 Å². The van der Waals surface area contributed by atoms with Crippen molar-refractivity contribution in [1.29, 1.82) is 0 Å². The molecule has 0 aromatic heterocycles. The molecular formula is C25H21ClN2O4. The van der Waals surface area contributed by atoms with Gasteiger partial charge in [0.2, 0.25) is 5.91 Å². The second-order valence-corrected chi connectivity index (χ2v) is 7.52. The Kier molecular flexibility index (Phi) is 6.42. The van der Waals surface area contributed by atoms with Gasteiger partial charge in [-0.3, -0.25) is 14.5 Å². The predicted molar refractivity (Wildman–Crippen MR) is 124 cm³/mol. The minimum Gasteiger partial charge on any atom is -0.497 e. The van der Waals surface area contributed by atoms with Crippen LogP contribution in [0.4, 0.5) is 5.69 Å². The lowest BCUT2D eigenvalue weighted by Gasteiger charge is -2.30. The number of fused-ring (bicyclic) bond motifs is 1. The first-order valence-corrected chi connectivity index (χ1v) is 10.4. The molecule has 0 atom stereocenters. The van der Waals surface area contributed by atoms with Gasteiger partial charge in [0.1, 0.15) is 12.3 Å². The Labute approximate surface area is 191 Å². The third-order valence-electron chi connectivity index (χ3n) is 4.97. The quantitative estimate of drug-likeness (QED) is 0.566. The summed E-state index contributed by atoms with van der Waals surface area (Å²) in [7, 11) is 1.60. The molecule has 1 aliphatic rings. The Morgan fingerprint density at radius 2 is 1.78 bits per heavy atom. The number of benzene rings is 3. The van der Waals surface area contributed by atoms with Gasteiger partial charge in [-0.1, -0.05) is 54.1 Å². The number of rotatable bonds is 6. The van der Waals surface area contributed by atoms with Gasteiger partial charge < -0.3 is 14.8 Å². The summed E-state index contributed by atoms with van der Waals surface area (Å²) < 4.78 is 11.0. The second-order valence-electron chi connectivity index (χ2n) is 7.12. The van der Waals surface area contributed by atoms with Crippen LogP contribution in [-0.2, 0) is 16.1 Å². The molecular weight excluding hydrogens is 428 g/mol. The fraction of sp³-hybridized carbons (Fsp3) is 0.120. The van der Waals surface area contributed by atoms with Crippen molar-refractivity contribution in [3.63, 3.8) is 0 Å². The molecule has 7 heteroatoms. The maximum absolute atomic E-state index is 13.2. The number of halogens is 1. The Morgan fingerprint density at radius 1 is 1.06 bits per heavy atom. The molecule has 1 aliphatic heterocycles. The molecule has 0 saturated heterocycles. The van der Waals surface area contributed by atoms with E-state index in [2.05, 4.69) is 5.32 Å². The van der Waals surface area contributed by atoms with Gasteiger partial charge in [0.25, 0.3) is 5.91 Å². The molecule has 1 N–H and O–H groups in total. The maximum atomic E-state index is 13.2. The van der Waals surface area contributed by atoms with E-state index in [1.807, 2.05) is 42.5 Å². The normalized spacial score (nSPS) is 14.0. The van der Waals surface area contributed by atoms with Crippen LogP contribution in [0, 0.1) is 0 Å². The summed E-state index contributed by atoms with van der Waals surface area (Å²) in [5.41, 5.74) is 2.11. The molecule has 1 heterocycles. The molecule has 3 aromatic rings. The molecule has 0 saturated carbocycles. The monoisotopic (exact) mass is 448 g/mol. The zero-order valence-corrected chi connectivity index (χ0v) is 18.1. The molecule has 4 rings (SSSR count). The number of carbonyl (C=O) groups excluding carboxylic acids is 2. The Bertz CT molecular complexity index is 1170. The van der Waals surface area contributed by atoms with Crippen LogP contribution in [0.15, 0.2) is 78.6 Å². The van der Waals surface area contributed by atoms with Crippen molar-refractivity contribution in [2.75, 3.05) is 18.6 Å². The van der Waals surface area contributed by atoms with Crippen molar-refractivity contribution in [1.82, 2.24) is 5.32 Å². The number of nitrogens with zero attached hydrogens (tertiary/aromatic N) is 1. The summed E-state index contributed by atoms with van der Waals surface area (Å²) in [4.78, 5) is 27.3. The number of hydrogen-bond acceptors (Lipinski definition) is 4. The Hall–Kier alpha value is -3.77. The molecule has 0 radical (unpaired) electrons. The first-order valence-electron chi connectivity index (χ1n) is 10.00. The number of amides is 2. The molecule has 0 aliphatic carbocycles. The van der Waals surface area contributed by atoms with Crippen molar-refractivity contribution in [2.45, 2.75) is 6.54 Å². The number of nitrogens with one attached hydrogen (secondary N) is 1. The average molecular weight is 449 g/mol. The molecule has 0 bridgehead atoms. The fourth-order valence-corrected chi connectivity index (χ4v) is 3.49. The summed E-state index contributed by atoms with van der Waals surface area (Å²) in [6.07, 6.45) is 1.59. The number of carbonyl (C=O) groups is 2. The minimum absolute atomic E-state index is 0.0970. The summed E-state index contributed by atoms with van der Waals surface area (Å²) in [5, 5.41) is 3.35. The van der Waals surface area contributed by atoms with Crippen LogP contribution in [0.5, 0.6) is 11.5 Å². The zero-order valence-electron chi connectivity index (χ0n) is 17.4. The number of ether oxygens (including phenoxy) is 2. The van der Waals surface area contributed by atoms with Crippen molar-refractivity contribution in [3.8, 4) is 11.5 Å². The van der Waals surface area contributed by atoms with Crippen molar-refractivity contribution >= 4 is 35.2 Å². The van der Waals surface area contributed by atoms with E-state index in [0.29, 0.717) is 28.6 Å². The van der Waals surface area contributed by atoms with Crippen LogP contribution in [0.2, 0.25) is 5.02 Å². The molecule has 162 valence electrons. The Morgan fingerprint density at radius 3 is 2.53 bits per heavy atom. The molecule has 3 aromatic carbocycles. The van der Waals surface area contributed by atoms with Gasteiger partial charge >= 0.3 is 0 Å². The largest absolute Gasteiger partial charge is 0.497 e. The van der Waals surface area contributed by atoms with Gasteiger partial charge in [-0.05, 0) is 47.5 Å². The number of hydrogen-bond donors (Lipinski definition) is 1. The summed E-state index contributed by atoms with van der Waals surface area (Å²) in [6.45, 7) is 0.195. The lowest BCUT2D eigenvalue weighted by atomic mass is 10.1. The Balaban J connectivity index is 1.52. The third kappa shape index (κ3) is 4.76. The van der Waals surface area contributed by atoms with E-state index in [1.54, 1.807) is 43.5 Å². The molecule has 0 fully saturated rings. The van der Waals surface area contributed by atoms with Gasteiger partial charge in [0, 0.05) is 11.6 Å². The van der Waals surface area contributed by atoms with E-state index >= 15 is 0 Å². The van der Waals surface area contributed by atoms with E-state index in [1.165, 1.54) is 4.90 Å². The topological polar surface area (TPSA) is 67.9 Å². The first kappa shape index (κ1) is 21.5. The lowest BCUT2D eigenvalue weighted by molar-refractivity contribution is -0.123. The van der Waals surface area contributed by atoms with Gasteiger partial charge in [-0.15, -0.1) is 0 Å². The standard InChI is InChI=1S/C25H21ClN2O4/c1-31-19-12-10-17(11-13-19)15-27-24(29)16-28-21-8-4-5-9-22(21)32-23(25(28)30)14-18-6-2-3-7-20(18)26/h2-14H,15-16H2,1H3,(H,27,29)/b23-14+. The highest BCUT2D eigenvalue weighted by molar-refractivity contribution is 6.32. The summed E-state index contributed by atoms with van der Waals surface area (Å²) in [6, 6.07) is 21.7. The minimum atomic E-state index is -0.414. The van der Waals surface area contributed by atoms with Crippen LogP contribution in [0.1, 0.15) is 11.1 Å². The maximum Gasteiger partial charge on any atom is 0.294 e. The molecule has 0 spiro atoms. The summed E-state index contributed by atoms with van der Waals surface area (Å²) >= 11 is 6.23. The molecule has 2 amide bonds. The average Bonchev–Trinajstić information content (AvgIpc) is 2.82. The fourth-order valence-electron chi connectivity index (χ4n) is 3.30. The van der Waals surface area contributed by atoms with Gasteiger partial charge in [-0.25, -0.2) is 0 Å². The van der Waals surface area contributed by atoms with Crippen LogP contribution in [0.3, 0.4) is 0 Å². The van der Waals surface area contributed by atoms with Gasteiger partial charge in [0.05, 0.1) is 12.8 Å². The highest BCUT2D eigenvalue weighted by Gasteiger charge is 2.31. The van der Waals surface area contributed by atoms with Crippen LogP contribution in [0.25, 0.3) is 6.08 Å². The zero-order chi connectivity index (χ0) is 22.5. The van der Waals surface area contributed by atoms with E-state index in [9.17, 15) is 9.59 Å². The van der Waals surface area contributed by atoms with E-state index in [0.717, 1.165) is 11.3 Å². The number of anilines is 1. The van der Waals surface area contributed by atoms with E-state index < -0.39 is 5.91 Å². The molecule has 32 heavy (non-hydrogen) atoms. The van der Waals surface area contributed by atoms with Gasteiger partial charge in [-0.2, -0.15) is 0 Å². The van der Waals surface area contributed by atoms with Crippen molar-refractivity contribution in [3.05, 3.63) is 94.7 Å². The van der Waals surface area contributed by atoms with Crippen LogP contribution in [-0.4, -0.2) is 25.5 Å². The highest BCUT2D eigenvalue weighted by atomic mass is 35.5. The number of para-hydroxylation sites is 2. The van der Waals surface area contributed by atoms with E-state index in [4.69, 9.17) is 21.1 Å². The lowest BCUT2D eigenvalue weighted by Crippen LogP contribution is -2.44. The molecule has 0 unspecified atom stereocenters. The SMILES string of the molecule is COc1ccc(CNC(=O)CN2C(=O)/C(=C\c3ccccc3Cl)Oc3ccccc32)cc1. The summed E-state index contributed by atoms with van der Waals surface area (Å²) in [5.74, 6) is 0.632. The number of methoxy groups -OCH3 is 1.